The van der Waals surface area contributed by atoms with E-state index in [0.717, 1.165) is 5.56 Å². The van der Waals surface area contributed by atoms with Crippen molar-refractivity contribution in [3.63, 3.8) is 0 Å². The highest BCUT2D eigenvalue weighted by molar-refractivity contribution is 7.99. The standard InChI is InChI=1S/C12H16N6O2S/c1-20-6-5-15-10(19)8-21-12-17-16-11(18(12)13)9-3-2-4-14-7-9/h2-4,7H,5-6,8,13H2,1H3,(H,15,19). The van der Waals surface area contributed by atoms with Crippen LogP contribution in [0.2, 0.25) is 0 Å². The van der Waals surface area contributed by atoms with Crippen molar-refractivity contribution in [2.75, 3.05) is 31.9 Å². The Morgan fingerprint density at radius 1 is 1.52 bits per heavy atom. The van der Waals surface area contributed by atoms with Gasteiger partial charge in [0.15, 0.2) is 5.82 Å². The molecule has 0 bridgehead atoms. The molecule has 0 fully saturated rings. The summed E-state index contributed by atoms with van der Waals surface area (Å²) in [7, 11) is 1.58. The van der Waals surface area contributed by atoms with E-state index in [0.29, 0.717) is 24.1 Å². The molecule has 9 heteroatoms. The van der Waals surface area contributed by atoms with Crippen molar-refractivity contribution in [2.24, 2.45) is 0 Å². The third kappa shape index (κ3) is 4.17. The van der Waals surface area contributed by atoms with Crippen LogP contribution < -0.4 is 11.2 Å². The van der Waals surface area contributed by atoms with Crippen LogP contribution in [0, 0.1) is 0 Å². The zero-order valence-electron chi connectivity index (χ0n) is 11.5. The molecule has 0 aromatic carbocycles. The fraction of sp³-hybridized carbons (Fsp3) is 0.333. The van der Waals surface area contributed by atoms with Crippen molar-refractivity contribution in [1.29, 1.82) is 0 Å². The molecule has 2 aromatic heterocycles. The van der Waals surface area contributed by atoms with E-state index in [-0.39, 0.29) is 11.7 Å². The molecule has 2 heterocycles. The van der Waals surface area contributed by atoms with Gasteiger partial charge in [0.05, 0.1) is 12.4 Å². The summed E-state index contributed by atoms with van der Waals surface area (Å²) >= 11 is 1.22. The third-order valence-electron chi connectivity index (χ3n) is 2.54. The van der Waals surface area contributed by atoms with Crippen LogP contribution in [0.15, 0.2) is 29.7 Å². The Balaban J connectivity index is 1.93. The van der Waals surface area contributed by atoms with Gasteiger partial charge >= 0.3 is 0 Å². The molecular weight excluding hydrogens is 292 g/mol. The Labute approximate surface area is 126 Å². The number of pyridine rings is 1. The molecule has 2 rings (SSSR count). The molecule has 3 N–H and O–H groups in total. The number of carbonyl (C=O) groups is 1. The zero-order chi connectivity index (χ0) is 15.1. The molecule has 0 aliphatic heterocycles. The molecule has 0 radical (unpaired) electrons. The summed E-state index contributed by atoms with van der Waals surface area (Å²) in [6.45, 7) is 0.959. The SMILES string of the molecule is COCCNC(=O)CSc1nnc(-c2cccnc2)n1N. The first-order chi connectivity index (χ1) is 10.2. The van der Waals surface area contributed by atoms with Gasteiger partial charge < -0.3 is 15.9 Å². The smallest absolute Gasteiger partial charge is 0.230 e. The molecule has 112 valence electrons. The minimum absolute atomic E-state index is 0.108. The summed E-state index contributed by atoms with van der Waals surface area (Å²) in [6.07, 6.45) is 3.32. The molecule has 0 aliphatic rings. The second kappa shape index (κ2) is 7.60. The average molecular weight is 308 g/mol. The van der Waals surface area contributed by atoms with Gasteiger partial charge in [0.25, 0.3) is 0 Å². The lowest BCUT2D eigenvalue weighted by Crippen LogP contribution is -2.28. The molecule has 2 aromatic rings. The monoisotopic (exact) mass is 308 g/mol. The molecule has 0 atom stereocenters. The van der Waals surface area contributed by atoms with Crippen LogP contribution >= 0.6 is 11.8 Å². The van der Waals surface area contributed by atoms with Crippen molar-refractivity contribution < 1.29 is 9.53 Å². The second-order valence-corrected chi connectivity index (χ2v) is 4.99. The predicted octanol–water partition coefficient (Wildman–Crippen LogP) is -0.0914. The molecule has 0 saturated carbocycles. The predicted molar refractivity (Wildman–Crippen MR) is 79.0 cm³/mol. The average Bonchev–Trinajstić information content (AvgIpc) is 2.87. The van der Waals surface area contributed by atoms with Crippen LogP contribution in [0.5, 0.6) is 0 Å². The molecule has 0 saturated heterocycles. The van der Waals surface area contributed by atoms with Crippen LogP contribution in [0.1, 0.15) is 0 Å². The highest BCUT2D eigenvalue weighted by Gasteiger charge is 2.13. The normalized spacial score (nSPS) is 10.5. The number of thioether (sulfide) groups is 1. The number of nitrogens with two attached hydrogens (primary N) is 1. The molecule has 21 heavy (non-hydrogen) atoms. The van der Waals surface area contributed by atoms with E-state index in [9.17, 15) is 4.79 Å². The lowest BCUT2D eigenvalue weighted by Gasteiger charge is -2.04. The number of nitrogens with one attached hydrogen (secondary N) is 1. The molecule has 0 aliphatic carbocycles. The number of nitrogens with zero attached hydrogens (tertiary/aromatic N) is 4. The number of hydrogen-bond donors (Lipinski definition) is 2. The van der Waals surface area contributed by atoms with Crippen molar-refractivity contribution >= 4 is 17.7 Å². The minimum atomic E-state index is -0.108. The number of amides is 1. The fourth-order valence-electron chi connectivity index (χ4n) is 1.54. The molecule has 0 spiro atoms. The zero-order valence-corrected chi connectivity index (χ0v) is 12.3. The Morgan fingerprint density at radius 2 is 2.38 bits per heavy atom. The van der Waals surface area contributed by atoms with Crippen molar-refractivity contribution in [2.45, 2.75) is 5.16 Å². The topological polar surface area (TPSA) is 108 Å². The van der Waals surface area contributed by atoms with E-state index in [2.05, 4.69) is 20.5 Å². The molecular formula is C12H16N6O2S. The number of methoxy groups -OCH3 is 1. The highest BCUT2D eigenvalue weighted by Crippen LogP contribution is 2.20. The summed E-state index contributed by atoms with van der Waals surface area (Å²) in [4.78, 5) is 15.6. The first kappa shape index (κ1) is 15.3. The lowest BCUT2D eigenvalue weighted by molar-refractivity contribution is -0.118. The fourth-order valence-corrected chi connectivity index (χ4v) is 2.23. The number of rotatable bonds is 7. The van der Waals surface area contributed by atoms with E-state index in [1.54, 1.807) is 25.6 Å². The van der Waals surface area contributed by atoms with Gasteiger partial charge in [0, 0.05) is 31.6 Å². The number of hydrogen-bond acceptors (Lipinski definition) is 7. The van der Waals surface area contributed by atoms with Gasteiger partial charge in [-0.1, -0.05) is 11.8 Å². The van der Waals surface area contributed by atoms with Crippen LogP contribution in [-0.4, -0.2) is 51.8 Å². The molecule has 8 nitrogen and oxygen atoms in total. The number of carbonyl (C=O) groups excluding carboxylic acids is 1. The van der Waals surface area contributed by atoms with E-state index in [1.165, 1.54) is 16.4 Å². The van der Waals surface area contributed by atoms with E-state index >= 15 is 0 Å². The summed E-state index contributed by atoms with van der Waals surface area (Å²) in [5.74, 6) is 6.55. The van der Waals surface area contributed by atoms with Crippen molar-refractivity contribution in [3.8, 4) is 11.4 Å². The second-order valence-electron chi connectivity index (χ2n) is 4.05. The number of nitrogen functional groups attached to an aromatic ring is 1. The maximum Gasteiger partial charge on any atom is 0.230 e. The molecule has 0 unspecified atom stereocenters. The van der Waals surface area contributed by atoms with Gasteiger partial charge in [-0.2, -0.15) is 0 Å². The van der Waals surface area contributed by atoms with Gasteiger partial charge in [-0.3, -0.25) is 9.78 Å². The first-order valence-electron chi connectivity index (χ1n) is 6.21. The van der Waals surface area contributed by atoms with Gasteiger partial charge in [-0.05, 0) is 12.1 Å². The third-order valence-corrected chi connectivity index (χ3v) is 3.49. The Bertz CT molecular complexity index is 589. The largest absolute Gasteiger partial charge is 0.383 e. The van der Waals surface area contributed by atoms with Crippen molar-refractivity contribution in [3.05, 3.63) is 24.5 Å². The van der Waals surface area contributed by atoms with Crippen LogP contribution in [0.25, 0.3) is 11.4 Å². The maximum absolute atomic E-state index is 11.6. The van der Waals surface area contributed by atoms with Crippen molar-refractivity contribution in [1.82, 2.24) is 25.2 Å². The Hall–Kier alpha value is -2.13. The lowest BCUT2D eigenvalue weighted by atomic mass is 10.3. The van der Waals surface area contributed by atoms with E-state index < -0.39 is 0 Å². The quantitative estimate of drug-likeness (QED) is 0.418. The summed E-state index contributed by atoms with van der Waals surface area (Å²) < 4.78 is 6.20. The summed E-state index contributed by atoms with van der Waals surface area (Å²) in [6, 6.07) is 3.63. The van der Waals surface area contributed by atoms with Gasteiger partial charge in [0.2, 0.25) is 11.1 Å². The van der Waals surface area contributed by atoms with Crippen LogP contribution in [-0.2, 0) is 9.53 Å². The molecule has 1 amide bonds. The number of aromatic nitrogens is 4. The van der Waals surface area contributed by atoms with Gasteiger partial charge in [-0.25, -0.2) is 4.68 Å². The Morgan fingerprint density at radius 3 is 3.10 bits per heavy atom. The van der Waals surface area contributed by atoms with E-state index in [4.69, 9.17) is 10.6 Å². The highest BCUT2D eigenvalue weighted by atomic mass is 32.2. The number of ether oxygens (including phenoxy) is 1. The maximum atomic E-state index is 11.6. The van der Waals surface area contributed by atoms with Crippen LogP contribution in [0.4, 0.5) is 0 Å². The Kier molecular flexibility index (Phi) is 5.52. The minimum Gasteiger partial charge on any atom is -0.383 e. The first-order valence-corrected chi connectivity index (χ1v) is 7.20. The van der Waals surface area contributed by atoms with E-state index in [1.807, 2.05) is 6.07 Å². The summed E-state index contributed by atoms with van der Waals surface area (Å²) in [5, 5.41) is 11.2. The summed E-state index contributed by atoms with van der Waals surface area (Å²) in [5.41, 5.74) is 0.767. The van der Waals surface area contributed by atoms with Gasteiger partial charge in [0.1, 0.15) is 0 Å². The van der Waals surface area contributed by atoms with Gasteiger partial charge in [-0.15, -0.1) is 10.2 Å². The van der Waals surface area contributed by atoms with Crippen LogP contribution in [0.3, 0.4) is 0 Å².